The first-order valence-corrected chi connectivity index (χ1v) is 7.16. The summed E-state index contributed by atoms with van der Waals surface area (Å²) < 4.78 is 0. The second kappa shape index (κ2) is 6.59. The van der Waals surface area contributed by atoms with Crippen molar-refractivity contribution in [3.63, 3.8) is 0 Å². The summed E-state index contributed by atoms with van der Waals surface area (Å²) in [5, 5.41) is 15.0. The predicted molar refractivity (Wildman–Crippen MR) is 85.9 cm³/mol. The van der Waals surface area contributed by atoms with E-state index in [-0.39, 0.29) is 16.7 Å². The van der Waals surface area contributed by atoms with Crippen molar-refractivity contribution in [3.05, 3.63) is 68.7 Å². The molecule has 0 aliphatic heterocycles. The molecule has 110 valence electrons. The number of hydrogen-bond donors (Lipinski definition) is 1. The third kappa shape index (κ3) is 3.73. The van der Waals surface area contributed by atoms with Gasteiger partial charge in [0.25, 0.3) is 5.69 Å². The normalized spacial score (nSPS) is 12.0. The molecule has 2 rings (SSSR count). The van der Waals surface area contributed by atoms with Crippen molar-refractivity contribution in [2.45, 2.75) is 26.3 Å². The molecule has 5 heteroatoms. The minimum atomic E-state index is -0.357. The van der Waals surface area contributed by atoms with Gasteiger partial charge < -0.3 is 5.32 Å². The van der Waals surface area contributed by atoms with Crippen LogP contribution in [0.1, 0.15) is 30.5 Å². The van der Waals surface area contributed by atoms with Crippen LogP contribution in [0.4, 0.5) is 11.4 Å². The van der Waals surface area contributed by atoms with Crippen LogP contribution in [-0.4, -0.2) is 4.92 Å². The molecule has 0 aliphatic carbocycles. The molecule has 1 unspecified atom stereocenters. The fourth-order valence-electron chi connectivity index (χ4n) is 2.21. The van der Waals surface area contributed by atoms with E-state index in [1.807, 2.05) is 30.3 Å². The average Bonchev–Trinajstić information content (AvgIpc) is 2.47. The third-order valence-corrected chi connectivity index (χ3v) is 3.68. The van der Waals surface area contributed by atoms with Crippen molar-refractivity contribution in [2.75, 3.05) is 5.32 Å². The second-order valence-corrected chi connectivity index (χ2v) is 5.35. The van der Waals surface area contributed by atoms with Crippen molar-refractivity contribution in [3.8, 4) is 0 Å². The highest BCUT2D eigenvalue weighted by Gasteiger charge is 2.14. The Labute approximate surface area is 128 Å². The molecule has 0 spiro atoms. The second-order valence-electron chi connectivity index (χ2n) is 4.92. The van der Waals surface area contributed by atoms with E-state index in [4.69, 9.17) is 11.6 Å². The molecular formula is C16H17ClN2O2. The topological polar surface area (TPSA) is 55.2 Å². The van der Waals surface area contributed by atoms with E-state index in [0.717, 1.165) is 17.7 Å². The van der Waals surface area contributed by atoms with Gasteiger partial charge in [-0.15, -0.1) is 0 Å². The molecule has 2 aromatic rings. The number of nitro groups is 1. The molecule has 1 atom stereocenters. The average molecular weight is 305 g/mol. The molecule has 4 nitrogen and oxygen atoms in total. The van der Waals surface area contributed by atoms with Crippen LogP contribution < -0.4 is 5.32 Å². The zero-order valence-electron chi connectivity index (χ0n) is 12.0. The highest BCUT2D eigenvalue weighted by Crippen LogP contribution is 2.27. The van der Waals surface area contributed by atoms with Gasteiger partial charge in [-0.3, -0.25) is 10.1 Å². The zero-order chi connectivity index (χ0) is 15.4. The van der Waals surface area contributed by atoms with Gasteiger partial charge in [0.15, 0.2) is 0 Å². The molecule has 0 fully saturated rings. The van der Waals surface area contributed by atoms with Gasteiger partial charge in [-0.05, 0) is 37.1 Å². The standard InChI is InChI=1S/C16H17ClN2O2/c1-3-15(12-5-7-13(17)8-6-12)18-14-9-4-11(2)16(10-14)19(20)21/h4-10,15,18H,3H2,1-2H3. The van der Waals surface area contributed by atoms with Crippen LogP contribution in [0.5, 0.6) is 0 Å². The van der Waals surface area contributed by atoms with Crippen LogP contribution in [0.3, 0.4) is 0 Å². The van der Waals surface area contributed by atoms with Crippen molar-refractivity contribution >= 4 is 23.0 Å². The summed E-state index contributed by atoms with van der Waals surface area (Å²) in [6.45, 7) is 3.80. The lowest BCUT2D eigenvalue weighted by molar-refractivity contribution is -0.385. The molecule has 0 bridgehead atoms. The Bertz CT molecular complexity index is 641. The maximum atomic E-state index is 11.0. The molecule has 0 aromatic heterocycles. The van der Waals surface area contributed by atoms with Gasteiger partial charge in [-0.1, -0.05) is 36.7 Å². The van der Waals surface area contributed by atoms with Crippen molar-refractivity contribution in [1.82, 2.24) is 0 Å². The maximum absolute atomic E-state index is 11.0. The lowest BCUT2D eigenvalue weighted by atomic mass is 10.0. The van der Waals surface area contributed by atoms with Gasteiger partial charge in [0.2, 0.25) is 0 Å². The minimum Gasteiger partial charge on any atom is -0.378 e. The molecule has 2 aromatic carbocycles. The van der Waals surface area contributed by atoms with Gasteiger partial charge >= 0.3 is 0 Å². The summed E-state index contributed by atoms with van der Waals surface area (Å²) in [5.74, 6) is 0. The van der Waals surface area contributed by atoms with Crippen molar-refractivity contribution in [2.24, 2.45) is 0 Å². The number of nitro benzene ring substituents is 1. The Morgan fingerprint density at radius 1 is 1.24 bits per heavy atom. The summed E-state index contributed by atoms with van der Waals surface area (Å²) in [4.78, 5) is 10.6. The van der Waals surface area contributed by atoms with E-state index in [1.165, 1.54) is 0 Å². The SMILES string of the molecule is CCC(Nc1ccc(C)c([N+](=O)[O-])c1)c1ccc(Cl)cc1. The molecule has 21 heavy (non-hydrogen) atoms. The van der Waals surface area contributed by atoms with Crippen LogP contribution in [0.2, 0.25) is 5.02 Å². The van der Waals surface area contributed by atoms with Gasteiger partial charge in [0.1, 0.15) is 0 Å². The van der Waals surface area contributed by atoms with E-state index in [2.05, 4.69) is 12.2 Å². The number of benzene rings is 2. The number of rotatable bonds is 5. The Morgan fingerprint density at radius 2 is 1.90 bits per heavy atom. The number of anilines is 1. The third-order valence-electron chi connectivity index (χ3n) is 3.43. The first kappa shape index (κ1) is 15.3. The van der Waals surface area contributed by atoms with E-state index >= 15 is 0 Å². The van der Waals surface area contributed by atoms with E-state index in [0.29, 0.717) is 10.6 Å². The van der Waals surface area contributed by atoms with Crippen LogP contribution in [-0.2, 0) is 0 Å². The fraction of sp³-hybridized carbons (Fsp3) is 0.250. The summed E-state index contributed by atoms with van der Waals surface area (Å²) in [5.41, 5.74) is 2.63. The molecule has 0 heterocycles. The summed E-state index contributed by atoms with van der Waals surface area (Å²) in [6, 6.07) is 12.9. The first-order chi connectivity index (χ1) is 10.0. The zero-order valence-corrected chi connectivity index (χ0v) is 12.7. The summed E-state index contributed by atoms with van der Waals surface area (Å²) in [6.07, 6.45) is 0.864. The number of nitrogens with one attached hydrogen (secondary N) is 1. The molecule has 0 radical (unpaired) electrons. The number of hydrogen-bond acceptors (Lipinski definition) is 3. The van der Waals surface area contributed by atoms with Crippen LogP contribution in [0.25, 0.3) is 0 Å². The molecule has 0 saturated heterocycles. The predicted octanol–water partition coefficient (Wildman–Crippen LogP) is 5.12. The highest BCUT2D eigenvalue weighted by molar-refractivity contribution is 6.30. The molecular weight excluding hydrogens is 288 g/mol. The Kier molecular flexibility index (Phi) is 4.81. The van der Waals surface area contributed by atoms with Crippen LogP contribution >= 0.6 is 11.6 Å². The van der Waals surface area contributed by atoms with Gasteiger partial charge in [0, 0.05) is 22.3 Å². The monoisotopic (exact) mass is 304 g/mol. The lowest BCUT2D eigenvalue weighted by Gasteiger charge is -2.19. The highest BCUT2D eigenvalue weighted by atomic mass is 35.5. The number of halogens is 1. The number of aryl methyl sites for hydroxylation is 1. The first-order valence-electron chi connectivity index (χ1n) is 6.78. The van der Waals surface area contributed by atoms with Gasteiger partial charge in [-0.2, -0.15) is 0 Å². The van der Waals surface area contributed by atoms with E-state index in [1.54, 1.807) is 19.1 Å². The largest absolute Gasteiger partial charge is 0.378 e. The van der Waals surface area contributed by atoms with Gasteiger partial charge in [-0.25, -0.2) is 0 Å². The fourth-order valence-corrected chi connectivity index (χ4v) is 2.34. The number of nitrogens with zero attached hydrogens (tertiary/aromatic N) is 1. The Hall–Kier alpha value is -2.07. The van der Waals surface area contributed by atoms with E-state index < -0.39 is 0 Å². The Balaban J connectivity index is 2.24. The Morgan fingerprint density at radius 3 is 2.48 bits per heavy atom. The molecule has 1 N–H and O–H groups in total. The maximum Gasteiger partial charge on any atom is 0.274 e. The molecule has 0 aliphatic rings. The summed E-state index contributed by atoms with van der Waals surface area (Å²) in [7, 11) is 0. The van der Waals surface area contributed by atoms with Crippen molar-refractivity contribution in [1.29, 1.82) is 0 Å². The minimum absolute atomic E-state index is 0.0876. The molecule has 0 saturated carbocycles. The van der Waals surface area contributed by atoms with E-state index in [9.17, 15) is 10.1 Å². The summed E-state index contributed by atoms with van der Waals surface area (Å²) >= 11 is 5.90. The quantitative estimate of drug-likeness (QED) is 0.616. The van der Waals surface area contributed by atoms with Gasteiger partial charge in [0.05, 0.1) is 11.0 Å². The van der Waals surface area contributed by atoms with Crippen LogP contribution in [0, 0.1) is 17.0 Å². The van der Waals surface area contributed by atoms with Crippen molar-refractivity contribution < 1.29 is 4.92 Å². The molecule has 0 amide bonds. The smallest absolute Gasteiger partial charge is 0.274 e. The lowest BCUT2D eigenvalue weighted by Crippen LogP contribution is -2.09. The van der Waals surface area contributed by atoms with Crippen LogP contribution in [0.15, 0.2) is 42.5 Å².